The first-order chi connectivity index (χ1) is 14.8. The zero-order chi connectivity index (χ0) is 22.8. The van der Waals surface area contributed by atoms with Crippen molar-refractivity contribution in [1.29, 1.82) is 0 Å². The minimum absolute atomic E-state index is 0.0912. The van der Waals surface area contributed by atoms with Crippen molar-refractivity contribution < 1.29 is 24.5 Å². The van der Waals surface area contributed by atoms with E-state index in [0.717, 1.165) is 11.1 Å². The van der Waals surface area contributed by atoms with Crippen LogP contribution >= 0.6 is 11.6 Å². The molecule has 0 saturated heterocycles. The highest BCUT2D eigenvalue weighted by Crippen LogP contribution is 2.27. The predicted octanol–water partition coefficient (Wildman–Crippen LogP) is 5.38. The number of rotatable bonds is 12. The van der Waals surface area contributed by atoms with Crippen molar-refractivity contribution in [3.8, 4) is 5.75 Å². The fourth-order valence-corrected chi connectivity index (χ4v) is 3.70. The Labute approximate surface area is 189 Å². The maximum Gasteiger partial charge on any atom is 0.306 e. The van der Waals surface area contributed by atoms with Gasteiger partial charge in [-0.3, -0.25) is 9.59 Å². The molecule has 31 heavy (non-hydrogen) atoms. The van der Waals surface area contributed by atoms with E-state index in [4.69, 9.17) is 16.3 Å². The molecule has 0 heterocycles. The van der Waals surface area contributed by atoms with Gasteiger partial charge in [0.25, 0.3) is 0 Å². The Morgan fingerprint density at radius 2 is 2.03 bits per heavy atom. The Morgan fingerprint density at radius 3 is 2.71 bits per heavy atom. The van der Waals surface area contributed by atoms with Crippen LogP contribution in [-0.4, -0.2) is 34.7 Å². The second-order valence-electron chi connectivity index (χ2n) is 8.06. The third-order valence-electron chi connectivity index (χ3n) is 5.34. The highest BCUT2D eigenvalue weighted by atomic mass is 35.5. The third kappa shape index (κ3) is 8.35. The van der Waals surface area contributed by atoms with Gasteiger partial charge in [-0.1, -0.05) is 55.8 Å². The van der Waals surface area contributed by atoms with Crippen LogP contribution in [0.5, 0.6) is 5.75 Å². The summed E-state index contributed by atoms with van der Waals surface area (Å²) in [6.07, 6.45) is 9.44. The first kappa shape index (κ1) is 24.9. The monoisotopic (exact) mass is 446 g/mol. The average molecular weight is 447 g/mol. The Kier molecular flexibility index (Phi) is 10.0. The SMILES string of the molecule is CC(C)C(CCC=CCC1=C(C=C[C@@H](O)COc2cccc(Cl)c2)CCC1=O)C(=O)O. The Hall–Kier alpha value is -2.37. The molecule has 6 heteroatoms. The van der Waals surface area contributed by atoms with Gasteiger partial charge in [-0.05, 0) is 55.4 Å². The molecule has 1 aliphatic rings. The number of carbonyl (C=O) groups excluding carboxylic acids is 1. The molecule has 0 radical (unpaired) electrons. The predicted molar refractivity (Wildman–Crippen MR) is 122 cm³/mol. The van der Waals surface area contributed by atoms with Crippen LogP contribution in [0.4, 0.5) is 0 Å². The molecule has 0 spiro atoms. The van der Waals surface area contributed by atoms with Crippen LogP contribution in [0, 0.1) is 11.8 Å². The summed E-state index contributed by atoms with van der Waals surface area (Å²) in [6, 6.07) is 6.98. The number of halogens is 1. The number of hydrogen-bond donors (Lipinski definition) is 2. The van der Waals surface area contributed by atoms with Crippen molar-refractivity contribution in [3.05, 3.63) is 64.7 Å². The van der Waals surface area contributed by atoms with Gasteiger partial charge in [-0.25, -0.2) is 0 Å². The maximum absolute atomic E-state index is 12.2. The van der Waals surface area contributed by atoms with Gasteiger partial charge in [0.05, 0.1) is 5.92 Å². The van der Waals surface area contributed by atoms with Gasteiger partial charge in [0, 0.05) is 17.0 Å². The van der Waals surface area contributed by atoms with Crippen molar-refractivity contribution in [2.75, 3.05) is 6.61 Å². The molecule has 0 aromatic heterocycles. The Bertz CT molecular complexity index is 853. The lowest BCUT2D eigenvalue weighted by atomic mass is 9.91. The van der Waals surface area contributed by atoms with Gasteiger partial charge < -0.3 is 14.9 Å². The van der Waals surface area contributed by atoms with Crippen molar-refractivity contribution in [2.24, 2.45) is 11.8 Å². The fraction of sp³-hybridized carbons (Fsp3) is 0.440. The maximum atomic E-state index is 12.2. The Morgan fingerprint density at radius 1 is 1.26 bits per heavy atom. The number of carbonyl (C=O) groups is 2. The van der Waals surface area contributed by atoms with E-state index < -0.39 is 12.1 Å². The van der Waals surface area contributed by atoms with E-state index in [-0.39, 0.29) is 24.2 Å². The quantitative estimate of drug-likeness (QED) is 0.421. The van der Waals surface area contributed by atoms with Gasteiger partial charge in [0.1, 0.15) is 18.5 Å². The van der Waals surface area contributed by atoms with Gasteiger partial charge in [-0.2, -0.15) is 0 Å². The number of ketones is 1. The van der Waals surface area contributed by atoms with Crippen LogP contribution in [0.3, 0.4) is 0 Å². The first-order valence-electron chi connectivity index (χ1n) is 10.7. The summed E-state index contributed by atoms with van der Waals surface area (Å²) in [6.45, 7) is 3.92. The summed E-state index contributed by atoms with van der Waals surface area (Å²) >= 11 is 5.92. The normalized spacial score (nSPS) is 16.6. The fourth-order valence-electron chi connectivity index (χ4n) is 3.52. The van der Waals surface area contributed by atoms with E-state index in [0.29, 0.717) is 42.9 Å². The summed E-state index contributed by atoms with van der Waals surface area (Å²) in [5.74, 6) is -0.312. The van der Waals surface area contributed by atoms with E-state index in [2.05, 4.69) is 0 Å². The smallest absolute Gasteiger partial charge is 0.306 e. The molecule has 0 bridgehead atoms. The molecule has 5 nitrogen and oxygen atoms in total. The van der Waals surface area contributed by atoms with Crippen LogP contribution in [0.1, 0.15) is 46.0 Å². The summed E-state index contributed by atoms with van der Waals surface area (Å²) in [4.78, 5) is 23.5. The number of benzene rings is 1. The van der Waals surface area contributed by atoms with Crippen LogP contribution in [-0.2, 0) is 9.59 Å². The van der Waals surface area contributed by atoms with Gasteiger partial charge in [0.2, 0.25) is 0 Å². The molecule has 1 aliphatic carbocycles. The number of allylic oxidation sites excluding steroid dienone is 5. The van der Waals surface area contributed by atoms with E-state index in [1.165, 1.54) is 0 Å². The summed E-state index contributed by atoms with van der Waals surface area (Å²) in [7, 11) is 0. The summed E-state index contributed by atoms with van der Waals surface area (Å²) in [5, 5.41) is 20.0. The van der Waals surface area contributed by atoms with Crippen LogP contribution in [0.15, 0.2) is 59.7 Å². The molecule has 0 fully saturated rings. The van der Waals surface area contributed by atoms with Gasteiger partial charge in [-0.15, -0.1) is 0 Å². The highest BCUT2D eigenvalue weighted by Gasteiger charge is 2.21. The van der Waals surface area contributed by atoms with E-state index in [1.54, 1.807) is 36.4 Å². The van der Waals surface area contributed by atoms with E-state index in [9.17, 15) is 19.8 Å². The van der Waals surface area contributed by atoms with Gasteiger partial charge in [0.15, 0.2) is 5.78 Å². The molecule has 1 unspecified atom stereocenters. The number of aliphatic carboxylic acids is 1. The lowest BCUT2D eigenvalue weighted by Gasteiger charge is -2.14. The topological polar surface area (TPSA) is 83.8 Å². The number of aliphatic hydroxyl groups is 1. The second kappa shape index (κ2) is 12.5. The second-order valence-corrected chi connectivity index (χ2v) is 8.50. The number of aliphatic hydroxyl groups excluding tert-OH is 1. The minimum Gasteiger partial charge on any atom is -0.491 e. The summed E-state index contributed by atoms with van der Waals surface area (Å²) in [5.41, 5.74) is 1.69. The first-order valence-corrected chi connectivity index (χ1v) is 11.0. The number of carboxylic acid groups (broad SMARTS) is 1. The standard InChI is InChI=1S/C25H31ClO5/c1-17(2)22(25(29)30)9-4-3-5-10-23-18(12-14-24(23)28)11-13-20(27)16-31-21-8-6-7-19(26)15-21/h3,5-8,11,13,15,17,20,22,27H,4,9-10,12,14,16H2,1-2H3,(H,29,30)/t20-,22?/m1/s1. The largest absolute Gasteiger partial charge is 0.491 e. The molecule has 2 rings (SSSR count). The van der Waals surface area contributed by atoms with Crippen molar-refractivity contribution in [2.45, 2.75) is 52.1 Å². The molecule has 168 valence electrons. The number of hydrogen-bond acceptors (Lipinski definition) is 4. The zero-order valence-electron chi connectivity index (χ0n) is 18.1. The lowest BCUT2D eigenvalue weighted by Crippen LogP contribution is -2.19. The lowest BCUT2D eigenvalue weighted by molar-refractivity contribution is -0.143. The highest BCUT2D eigenvalue weighted by molar-refractivity contribution is 6.30. The van der Waals surface area contributed by atoms with Crippen LogP contribution in [0.2, 0.25) is 5.02 Å². The van der Waals surface area contributed by atoms with Crippen molar-refractivity contribution in [3.63, 3.8) is 0 Å². The molecule has 1 aromatic rings. The van der Waals surface area contributed by atoms with Crippen molar-refractivity contribution >= 4 is 23.4 Å². The molecule has 1 aromatic carbocycles. The molecule has 0 aliphatic heterocycles. The van der Waals surface area contributed by atoms with Crippen LogP contribution in [0.25, 0.3) is 0 Å². The molecular weight excluding hydrogens is 416 g/mol. The molecule has 0 amide bonds. The number of Topliss-reactive ketones (excluding diaryl/α,β-unsaturated/α-hetero) is 1. The molecule has 2 N–H and O–H groups in total. The summed E-state index contributed by atoms with van der Waals surface area (Å²) < 4.78 is 5.53. The van der Waals surface area contributed by atoms with Crippen molar-refractivity contribution in [1.82, 2.24) is 0 Å². The zero-order valence-corrected chi connectivity index (χ0v) is 18.8. The van der Waals surface area contributed by atoms with E-state index in [1.807, 2.05) is 26.0 Å². The molecule has 2 atom stereocenters. The molecule has 0 saturated carbocycles. The number of carboxylic acids is 1. The van der Waals surface area contributed by atoms with Gasteiger partial charge >= 0.3 is 5.97 Å². The van der Waals surface area contributed by atoms with E-state index >= 15 is 0 Å². The number of ether oxygens (including phenoxy) is 1. The molecular formula is C25H31ClO5. The Balaban J connectivity index is 1.87. The third-order valence-corrected chi connectivity index (χ3v) is 5.57. The minimum atomic E-state index is -0.803. The van der Waals surface area contributed by atoms with Crippen LogP contribution < -0.4 is 4.74 Å². The average Bonchev–Trinajstić information content (AvgIpc) is 3.06.